The van der Waals surface area contributed by atoms with Gasteiger partial charge in [0.25, 0.3) is 10.2 Å². The summed E-state index contributed by atoms with van der Waals surface area (Å²) in [6, 6.07) is -0.183. The van der Waals surface area contributed by atoms with E-state index in [1.807, 2.05) is 13.8 Å². The minimum absolute atomic E-state index is 0.183. The zero-order valence-electron chi connectivity index (χ0n) is 9.24. The van der Waals surface area contributed by atoms with E-state index in [2.05, 4.69) is 4.72 Å². The number of halogens is 1. The molecule has 1 aliphatic rings. The average molecular weight is 255 g/mol. The Balaban J connectivity index is 2.61. The van der Waals surface area contributed by atoms with E-state index >= 15 is 0 Å². The quantitative estimate of drug-likeness (QED) is 0.749. The van der Waals surface area contributed by atoms with E-state index in [0.717, 1.165) is 12.8 Å². The molecule has 1 N–H and O–H groups in total. The van der Waals surface area contributed by atoms with Crippen molar-refractivity contribution in [3.05, 3.63) is 0 Å². The molecule has 0 spiro atoms. The molecule has 1 atom stereocenters. The summed E-state index contributed by atoms with van der Waals surface area (Å²) in [4.78, 5) is 0. The van der Waals surface area contributed by atoms with E-state index < -0.39 is 10.2 Å². The Morgan fingerprint density at radius 3 is 2.27 bits per heavy atom. The third kappa shape index (κ3) is 3.59. The molecule has 1 heterocycles. The first kappa shape index (κ1) is 13.2. The molecular formula is C9H19ClN2O2S. The molecule has 0 bridgehead atoms. The average Bonchev–Trinajstić information content (AvgIpc) is 2.67. The highest BCUT2D eigenvalue weighted by Gasteiger charge is 2.28. The van der Waals surface area contributed by atoms with Crippen molar-refractivity contribution < 1.29 is 8.42 Å². The molecule has 4 nitrogen and oxygen atoms in total. The van der Waals surface area contributed by atoms with E-state index in [1.54, 1.807) is 0 Å². The first-order valence-electron chi connectivity index (χ1n) is 5.30. The Morgan fingerprint density at radius 1 is 1.33 bits per heavy atom. The predicted octanol–water partition coefficient (Wildman–Crippen LogP) is 1.18. The van der Waals surface area contributed by atoms with Crippen LogP contribution in [0.15, 0.2) is 0 Å². The third-order valence-electron chi connectivity index (χ3n) is 2.68. The number of hydrogen-bond acceptors (Lipinski definition) is 2. The maximum absolute atomic E-state index is 11.9. The first-order valence-corrected chi connectivity index (χ1v) is 7.28. The highest BCUT2D eigenvalue weighted by atomic mass is 35.5. The number of nitrogens with zero attached hydrogens (tertiary/aromatic N) is 1. The zero-order chi connectivity index (χ0) is 11.5. The van der Waals surface area contributed by atoms with Crippen LogP contribution >= 0.6 is 11.6 Å². The summed E-state index contributed by atoms with van der Waals surface area (Å²) in [7, 11) is -3.32. The van der Waals surface area contributed by atoms with Crippen LogP contribution < -0.4 is 4.72 Å². The maximum atomic E-state index is 11.9. The molecule has 1 rings (SSSR count). The summed E-state index contributed by atoms with van der Waals surface area (Å²) in [5.41, 5.74) is 0. The molecule has 0 aromatic carbocycles. The van der Waals surface area contributed by atoms with Crippen LogP contribution in [0.25, 0.3) is 0 Å². The fourth-order valence-electron chi connectivity index (χ4n) is 1.54. The minimum atomic E-state index is -3.32. The van der Waals surface area contributed by atoms with Crippen LogP contribution in [-0.4, -0.2) is 37.7 Å². The number of hydrogen-bond donors (Lipinski definition) is 1. The normalized spacial score (nSPS) is 21.1. The Kier molecular flexibility index (Phi) is 4.83. The van der Waals surface area contributed by atoms with Gasteiger partial charge in [-0.3, -0.25) is 0 Å². The summed E-state index contributed by atoms with van der Waals surface area (Å²) >= 11 is 5.73. The van der Waals surface area contributed by atoms with Crippen molar-refractivity contribution in [3.8, 4) is 0 Å². The Morgan fingerprint density at radius 2 is 1.87 bits per heavy atom. The lowest BCUT2D eigenvalue weighted by molar-refractivity contribution is 0.429. The number of alkyl halides is 1. The van der Waals surface area contributed by atoms with Gasteiger partial charge >= 0.3 is 0 Å². The molecule has 90 valence electrons. The van der Waals surface area contributed by atoms with E-state index in [0.29, 0.717) is 19.0 Å². The number of nitrogens with one attached hydrogen (secondary N) is 1. The van der Waals surface area contributed by atoms with Crippen LogP contribution in [0.4, 0.5) is 0 Å². The van der Waals surface area contributed by atoms with Gasteiger partial charge in [0.2, 0.25) is 0 Å². The van der Waals surface area contributed by atoms with E-state index in [-0.39, 0.29) is 12.0 Å². The second kappa shape index (κ2) is 5.48. The zero-order valence-corrected chi connectivity index (χ0v) is 10.8. The SMILES string of the molecule is CC(C)C(CCl)NS(=O)(=O)N1CCCC1. The molecule has 0 aromatic heterocycles. The highest BCUT2D eigenvalue weighted by molar-refractivity contribution is 7.87. The van der Waals surface area contributed by atoms with Crippen molar-refractivity contribution in [2.45, 2.75) is 32.7 Å². The third-order valence-corrected chi connectivity index (χ3v) is 4.65. The molecule has 1 fully saturated rings. The smallest absolute Gasteiger partial charge is 0.198 e. The van der Waals surface area contributed by atoms with E-state index in [1.165, 1.54) is 4.31 Å². The van der Waals surface area contributed by atoms with Gasteiger partial charge in [0.1, 0.15) is 0 Å². The lowest BCUT2D eigenvalue weighted by atomic mass is 10.1. The summed E-state index contributed by atoms with van der Waals surface area (Å²) in [5, 5.41) is 0. The van der Waals surface area contributed by atoms with Crippen LogP contribution in [0.1, 0.15) is 26.7 Å². The van der Waals surface area contributed by atoms with Gasteiger partial charge in [-0.2, -0.15) is 17.4 Å². The molecule has 0 saturated carbocycles. The molecule has 0 amide bonds. The van der Waals surface area contributed by atoms with Crippen LogP contribution in [0, 0.1) is 5.92 Å². The maximum Gasteiger partial charge on any atom is 0.279 e. The van der Waals surface area contributed by atoms with Crippen molar-refractivity contribution in [1.82, 2.24) is 9.03 Å². The highest BCUT2D eigenvalue weighted by Crippen LogP contribution is 2.13. The van der Waals surface area contributed by atoms with Gasteiger partial charge in [-0.05, 0) is 18.8 Å². The summed E-state index contributed by atoms with van der Waals surface area (Å²) in [6.07, 6.45) is 1.91. The van der Waals surface area contributed by atoms with Gasteiger partial charge in [0.15, 0.2) is 0 Å². The molecule has 0 aromatic rings. The first-order chi connectivity index (χ1) is 6.97. The molecule has 1 unspecified atom stereocenters. The van der Waals surface area contributed by atoms with Gasteiger partial charge in [-0.15, -0.1) is 11.6 Å². The Bertz CT molecular complexity index is 286. The van der Waals surface area contributed by atoms with E-state index in [4.69, 9.17) is 11.6 Å². The minimum Gasteiger partial charge on any atom is -0.198 e. The van der Waals surface area contributed by atoms with Crippen LogP contribution in [0.3, 0.4) is 0 Å². The fraction of sp³-hybridized carbons (Fsp3) is 1.00. The largest absolute Gasteiger partial charge is 0.279 e. The van der Waals surface area contributed by atoms with Crippen molar-refractivity contribution in [3.63, 3.8) is 0 Å². The van der Waals surface area contributed by atoms with Crippen molar-refractivity contribution in [1.29, 1.82) is 0 Å². The number of rotatable bonds is 5. The Hall–Kier alpha value is 0.160. The molecule has 15 heavy (non-hydrogen) atoms. The molecule has 1 aliphatic heterocycles. The summed E-state index contributed by atoms with van der Waals surface area (Å²) in [6.45, 7) is 5.17. The van der Waals surface area contributed by atoms with Gasteiger partial charge in [-0.25, -0.2) is 0 Å². The van der Waals surface area contributed by atoms with Gasteiger partial charge < -0.3 is 0 Å². The Labute approximate surface area is 97.2 Å². The van der Waals surface area contributed by atoms with Crippen LogP contribution in [-0.2, 0) is 10.2 Å². The lowest BCUT2D eigenvalue weighted by Crippen LogP contribution is -2.47. The second-order valence-electron chi connectivity index (χ2n) is 4.23. The summed E-state index contributed by atoms with van der Waals surface area (Å²) < 4.78 is 27.9. The summed E-state index contributed by atoms with van der Waals surface area (Å²) in [5.74, 6) is 0.518. The predicted molar refractivity (Wildman–Crippen MR) is 62.2 cm³/mol. The monoisotopic (exact) mass is 254 g/mol. The van der Waals surface area contributed by atoms with Gasteiger partial charge in [0.05, 0.1) is 0 Å². The lowest BCUT2D eigenvalue weighted by Gasteiger charge is -2.23. The standard InChI is InChI=1S/C9H19ClN2O2S/c1-8(2)9(7-10)11-15(13,14)12-5-3-4-6-12/h8-9,11H,3-7H2,1-2H3. The van der Waals surface area contributed by atoms with Crippen LogP contribution in [0.5, 0.6) is 0 Å². The van der Waals surface area contributed by atoms with Crippen molar-refractivity contribution in [2.75, 3.05) is 19.0 Å². The molecular weight excluding hydrogens is 236 g/mol. The van der Waals surface area contributed by atoms with E-state index in [9.17, 15) is 8.42 Å². The molecule has 0 radical (unpaired) electrons. The second-order valence-corrected chi connectivity index (χ2v) is 6.24. The van der Waals surface area contributed by atoms with Crippen molar-refractivity contribution in [2.24, 2.45) is 5.92 Å². The van der Waals surface area contributed by atoms with Crippen LogP contribution in [0.2, 0.25) is 0 Å². The van der Waals surface area contributed by atoms with Crippen molar-refractivity contribution >= 4 is 21.8 Å². The topological polar surface area (TPSA) is 49.4 Å². The fourth-order valence-corrected chi connectivity index (χ4v) is 3.69. The van der Waals surface area contributed by atoms with Gasteiger partial charge in [0, 0.05) is 25.0 Å². The van der Waals surface area contributed by atoms with Gasteiger partial charge in [-0.1, -0.05) is 13.8 Å². The molecule has 6 heteroatoms. The molecule has 1 saturated heterocycles. The molecule has 0 aliphatic carbocycles.